The Morgan fingerprint density at radius 1 is 1.08 bits per heavy atom. The van der Waals surface area contributed by atoms with E-state index >= 15 is 0 Å². The van der Waals surface area contributed by atoms with E-state index in [1.165, 1.54) is 6.07 Å². The highest BCUT2D eigenvalue weighted by Crippen LogP contribution is 2.23. The molecule has 0 fully saturated rings. The molecule has 26 heavy (non-hydrogen) atoms. The number of rotatable bonds is 5. The molecule has 138 valence electrons. The largest absolute Gasteiger partial charge is 0.573 e. The van der Waals surface area contributed by atoms with Gasteiger partial charge < -0.3 is 14.8 Å². The van der Waals surface area contributed by atoms with Gasteiger partial charge in [-0.2, -0.15) is 0 Å². The van der Waals surface area contributed by atoms with Gasteiger partial charge in [0.05, 0.1) is 16.3 Å². The maximum Gasteiger partial charge on any atom is 0.573 e. The average Bonchev–Trinajstić information content (AvgIpc) is 2.54. The van der Waals surface area contributed by atoms with Gasteiger partial charge in [0.15, 0.2) is 6.61 Å². The monoisotopic (exact) mass is 391 g/mol. The maximum atomic E-state index is 12.9. The van der Waals surface area contributed by atoms with E-state index in [1.54, 1.807) is 0 Å². The van der Waals surface area contributed by atoms with E-state index in [9.17, 15) is 27.2 Å². The van der Waals surface area contributed by atoms with Crippen molar-refractivity contribution in [1.29, 1.82) is 0 Å². The van der Waals surface area contributed by atoms with Crippen molar-refractivity contribution in [2.45, 2.75) is 6.36 Å². The van der Waals surface area contributed by atoms with E-state index in [2.05, 4.69) is 10.1 Å². The first kappa shape index (κ1) is 19.5. The zero-order valence-corrected chi connectivity index (χ0v) is 13.5. The van der Waals surface area contributed by atoms with Crippen LogP contribution in [0.4, 0.5) is 23.2 Å². The highest BCUT2D eigenvalue weighted by molar-refractivity contribution is 6.33. The summed E-state index contributed by atoms with van der Waals surface area (Å²) in [5, 5.41) is 2.28. The minimum Gasteiger partial charge on any atom is -0.452 e. The topological polar surface area (TPSA) is 64.6 Å². The molecule has 0 aliphatic carbocycles. The molecule has 0 unspecified atom stereocenters. The Hall–Kier alpha value is -2.81. The molecule has 5 nitrogen and oxygen atoms in total. The molecule has 0 aromatic heterocycles. The number of anilines is 1. The molecule has 0 radical (unpaired) electrons. The first-order chi connectivity index (χ1) is 12.1. The Morgan fingerprint density at radius 2 is 1.73 bits per heavy atom. The number of benzene rings is 2. The van der Waals surface area contributed by atoms with E-state index < -0.39 is 36.4 Å². The molecule has 0 spiro atoms. The zero-order chi connectivity index (χ0) is 19.3. The third-order valence-corrected chi connectivity index (χ3v) is 3.18. The zero-order valence-electron chi connectivity index (χ0n) is 12.8. The van der Waals surface area contributed by atoms with E-state index in [-0.39, 0.29) is 16.3 Å². The van der Waals surface area contributed by atoms with Crippen LogP contribution in [0.15, 0.2) is 42.5 Å². The van der Waals surface area contributed by atoms with Gasteiger partial charge >= 0.3 is 12.3 Å². The second-order valence-corrected chi connectivity index (χ2v) is 5.23. The predicted octanol–water partition coefficient (Wildman–Crippen LogP) is 4.17. The van der Waals surface area contributed by atoms with Crippen molar-refractivity contribution in [1.82, 2.24) is 0 Å². The summed E-state index contributed by atoms with van der Waals surface area (Å²) in [6, 6.07) is 7.28. The van der Waals surface area contributed by atoms with Crippen molar-refractivity contribution < 1.29 is 36.6 Å². The fourth-order valence-electron chi connectivity index (χ4n) is 1.78. The normalized spacial score (nSPS) is 11.0. The van der Waals surface area contributed by atoms with Gasteiger partial charge in [0, 0.05) is 0 Å². The lowest BCUT2D eigenvalue weighted by Gasteiger charge is -2.10. The van der Waals surface area contributed by atoms with E-state index in [4.69, 9.17) is 16.3 Å². The lowest BCUT2D eigenvalue weighted by molar-refractivity contribution is -0.274. The number of ether oxygens (including phenoxy) is 2. The molecule has 1 N–H and O–H groups in total. The van der Waals surface area contributed by atoms with Gasteiger partial charge in [0.1, 0.15) is 11.6 Å². The first-order valence-electron chi connectivity index (χ1n) is 6.92. The summed E-state index contributed by atoms with van der Waals surface area (Å²) in [6.07, 6.45) is -4.85. The standard InChI is InChI=1S/C16H10ClF4NO4/c17-12-7-10(18)3-6-13(12)22-14(23)8-25-15(24)9-1-4-11(5-2-9)26-16(19,20)21/h1-7H,8H2,(H,22,23). The van der Waals surface area contributed by atoms with E-state index in [0.29, 0.717) is 0 Å². The number of hydrogen-bond acceptors (Lipinski definition) is 4. The molecular formula is C16H10ClF4NO4. The Balaban J connectivity index is 1.88. The Bertz CT molecular complexity index is 809. The van der Waals surface area contributed by atoms with E-state index in [0.717, 1.165) is 36.4 Å². The number of hydrogen-bond donors (Lipinski definition) is 1. The molecule has 2 rings (SSSR count). The molecule has 0 atom stereocenters. The minimum absolute atomic E-state index is 0.0371. The second-order valence-electron chi connectivity index (χ2n) is 4.82. The highest BCUT2D eigenvalue weighted by Gasteiger charge is 2.31. The number of amides is 1. The van der Waals surface area contributed by atoms with Gasteiger partial charge in [-0.3, -0.25) is 4.79 Å². The lowest BCUT2D eigenvalue weighted by atomic mass is 10.2. The van der Waals surface area contributed by atoms with Crippen molar-refractivity contribution in [2.24, 2.45) is 0 Å². The van der Waals surface area contributed by atoms with Gasteiger partial charge in [-0.25, -0.2) is 9.18 Å². The molecule has 2 aromatic carbocycles. The Labute approximate surface area is 149 Å². The van der Waals surface area contributed by atoms with Crippen LogP contribution in [0.1, 0.15) is 10.4 Å². The Kier molecular flexibility index (Phi) is 6.04. The molecular weight excluding hydrogens is 382 g/mol. The summed E-state index contributed by atoms with van der Waals surface area (Å²) < 4.78 is 57.5. The van der Waals surface area contributed by atoms with Crippen molar-refractivity contribution in [3.05, 3.63) is 58.9 Å². The number of carbonyl (C=O) groups excluding carboxylic acids is 2. The summed E-state index contributed by atoms with van der Waals surface area (Å²) in [7, 11) is 0. The smallest absolute Gasteiger partial charge is 0.452 e. The van der Waals surface area contributed by atoms with E-state index in [1.807, 2.05) is 0 Å². The van der Waals surface area contributed by atoms with Crippen LogP contribution in [0.5, 0.6) is 5.75 Å². The summed E-state index contributed by atoms with van der Waals surface area (Å²) in [5.74, 6) is -2.75. The average molecular weight is 392 g/mol. The number of halogens is 5. The molecule has 0 heterocycles. The fourth-order valence-corrected chi connectivity index (χ4v) is 2.00. The van der Waals surface area contributed by atoms with Crippen LogP contribution in [-0.4, -0.2) is 24.8 Å². The van der Waals surface area contributed by atoms with Crippen molar-refractivity contribution in [3.63, 3.8) is 0 Å². The molecule has 0 aliphatic heterocycles. The molecule has 10 heteroatoms. The SMILES string of the molecule is O=C(COC(=O)c1ccc(OC(F)(F)F)cc1)Nc1ccc(F)cc1Cl. The third kappa shape index (κ3) is 5.92. The van der Waals surface area contributed by atoms with Crippen LogP contribution < -0.4 is 10.1 Å². The number of nitrogens with one attached hydrogen (secondary N) is 1. The molecule has 1 amide bonds. The molecule has 0 aliphatic rings. The summed E-state index contributed by atoms with van der Waals surface area (Å²) >= 11 is 5.74. The summed E-state index contributed by atoms with van der Waals surface area (Å²) in [6.45, 7) is -0.673. The van der Waals surface area contributed by atoms with Crippen LogP contribution in [0, 0.1) is 5.82 Å². The number of alkyl halides is 3. The van der Waals surface area contributed by atoms with Crippen molar-refractivity contribution in [2.75, 3.05) is 11.9 Å². The second kappa shape index (κ2) is 8.05. The number of esters is 1. The lowest BCUT2D eigenvalue weighted by Crippen LogP contribution is -2.21. The predicted molar refractivity (Wildman–Crippen MR) is 83.4 cm³/mol. The molecule has 0 bridgehead atoms. The molecule has 0 saturated heterocycles. The molecule has 2 aromatic rings. The van der Waals surface area contributed by atoms with Gasteiger partial charge in [0.25, 0.3) is 5.91 Å². The van der Waals surface area contributed by atoms with Crippen LogP contribution >= 0.6 is 11.6 Å². The van der Waals surface area contributed by atoms with Crippen LogP contribution in [-0.2, 0) is 9.53 Å². The van der Waals surface area contributed by atoms with Crippen molar-refractivity contribution >= 4 is 29.2 Å². The minimum atomic E-state index is -4.85. The fraction of sp³-hybridized carbons (Fsp3) is 0.125. The van der Waals surface area contributed by atoms with Crippen LogP contribution in [0.2, 0.25) is 5.02 Å². The number of carbonyl (C=O) groups is 2. The van der Waals surface area contributed by atoms with Crippen molar-refractivity contribution in [3.8, 4) is 5.75 Å². The quantitative estimate of drug-likeness (QED) is 0.613. The van der Waals surface area contributed by atoms with Gasteiger partial charge in [-0.15, -0.1) is 13.2 Å². The summed E-state index contributed by atoms with van der Waals surface area (Å²) in [4.78, 5) is 23.5. The summed E-state index contributed by atoms with van der Waals surface area (Å²) in [5.41, 5.74) is 0.0508. The van der Waals surface area contributed by atoms with Crippen LogP contribution in [0.25, 0.3) is 0 Å². The van der Waals surface area contributed by atoms with Gasteiger partial charge in [0.2, 0.25) is 0 Å². The van der Waals surface area contributed by atoms with Crippen LogP contribution in [0.3, 0.4) is 0 Å². The maximum absolute atomic E-state index is 12.9. The first-order valence-corrected chi connectivity index (χ1v) is 7.30. The Morgan fingerprint density at radius 3 is 2.31 bits per heavy atom. The van der Waals surface area contributed by atoms with Gasteiger partial charge in [-0.05, 0) is 42.5 Å². The van der Waals surface area contributed by atoms with Gasteiger partial charge in [-0.1, -0.05) is 11.6 Å². The highest BCUT2D eigenvalue weighted by atomic mass is 35.5. The third-order valence-electron chi connectivity index (χ3n) is 2.86. The molecule has 0 saturated carbocycles.